The number of amides is 1. The number of hydrogen-bond acceptors (Lipinski definition) is 3. The summed E-state index contributed by atoms with van der Waals surface area (Å²) in [4.78, 5) is 24.3. The molecular formula is C13H13N5O2. The Hall–Kier alpha value is -2.57. The Morgan fingerprint density at radius 3 is 3.10 bits per heavy atom. The Labute approximate surface area is 113 Å². The van der Waals surface area contributed by atoms with Crippen molar-refractivity contribution in [3.63, 3.8) is 0 Å². The smallest absolute Gasteiger partial charge is 0.407 e. The molecule has 20 heavy (non-hydrogen) atoms. The number of nitrogens with one attached hydrogen (secondary N) is 1. The van der Waals surface area contributed by atoms with E-state index in [9.17, 15) is 4.79 Å². The van der Waals surface area contributed by atoms with E-state index in [0.29, 0.717) is 13.1 Å². The van der Waals surface area contributed by atoms with E-state index in [1.165, 1.54) is 4.90 Å². The van der Waals surface area contributed by atoms with E-state index in [0.717, 1.165) is 28.9 Å². The molecule has 0 aromatic carbocycles. The lowest BCUT2D eigenvalue weighted by molar-refractivity contribution is 0.155. The summed E-state index contributed by atoms with van der Waals surface area (Å²) in [6.45, 7) is 1.10. The van der Waals surface area contributed by atoms with Crippen LogP contribution in [0.15, 0.2) is 24.7 Å². The maximum Gasteiger partial charge on any atom is 0.407 e. The molecule has 4 heterocycles. The molecule has 1 unspecified atom stereocenters. The van der Waals surface area contributed by atoms with E-state index in [4.69, 9.17) is 5.11 Å². The van der Waals surface area contributed by atoms with Crippen molar-refractivity contribution in [2.24, 2.45) is 0 Å². The minimum atomic E-state index is -0.852. The summed E-state index contributed by atoms with van der Waals surface area (Å²) in [5.41, 5.74) is 3.63. The van der Waals surface area contributed by atoms with Gasteiger partial charge in [0.15, 0.2) is 11.3 Å². The highest BCUT2D eigenvalue weighted by atomic mass is 16.4. The van der Waals surface area contributed by atoms with Crippen molar-refractivity contribution < 1.29 is 9.90 Å². The van der Waals surface area contributed by atoms with Crippen LogP contribution in [0.1, 0.15) is 18.0 Å². The minimum Gasteiger partial charge on any atom is -0.465 e. The highest BCUT2D eigenvalue weighted by Crippen LogP contribution is 2.29. The second-order valence-electron chi connectivity index (χ2n) is 5.06. The molecule has 0 saturated carbocycles. The molecule has 102 valence electrons. The van der Waals surface area contributed by atoms with Crippen LogP contribution >= 0.6 is 0 Å². The van der Waals surface area contributed by atoms with Crippen molar-refractivity contribution >= 4 is 22.9 Å². The number of likely N-dealkylation sites (tertiary alicyclic amines) is 1. The van der Waals surface area contributed by atoms with Crippen LogP contribution in [0.4, 0.5) is 4.79 Å². The lowest BCUT2D eigenvalue weighted by Gasteiger charge is -2.12. The van der Waals surface area contributed by atoms with Gasteiger partial charge in [-0.3, -0.25) is 4.40 Å². The Bertz CT molecular complexity index is 805. The van der Waals surface area contributed by atoms with Gasteiger partial charge in [0.1, 0.15) is 0 Å². The van der Waals surface area contributed by atoms with Gasteiger partial charge in [-0.15, -0.1) is 0 Å². The lowest BCUT2D eigenvalue weighted by atomic mass is 10.1. The van der Waals surface area contributed by atoms with Crippen LogP contribution in [-0.2, 0) is 0 Å². The number of fused-ring (bicyclic) bond motifs is 3. The third-order valence-electron chi connectivity index (χ3n) is 3.95. The molecule has 7 nitrogen and oxygen atoms in total. The highest BCUT2D eigenvalue weighted by molar-refractivity contribution is 5.74. The standard InChI is InChI=1S/C13H13N5O2/c19-13(20)17-4-2-8(7-17)10-5-15-11-6-16-12-9(18(10)11)1-3-14-12/h1,3,5-6,8,14H,2,4,7H2,(H,19,20). The molecule has 1 aliphatic rings. The number of carboxylic acid groups (broad SMARTS) is 1. The molecule has 3 aromatic heterocycles. The number of rotatable bonds is 1. The summed E-state index contributed by atoms with van der Waals surface area (Å²) in [5, 5.41) is 9.07. The summed E-state index contributed by atoms with van der Waals surface area (Å²) in [7, 11) is 0. The molecular weight excluding hydrogens is 258 g/mol. The van der Waals surface area contributed by atoms with Gasteiger partial charge in [-0.25, -0.2) is 14.8 Å². The average molecular weight is 271 g/mol. The van der Waals surface area contributed by atoms with Gasteiger partial charge in [-0.2, -0.15) is 0 Å². The van der Waals surface area contributed by atoms with Crippen LogP contribution in [0.3, 0.4) is 0 Å². The van der Waals surface area contributed by atoms with E-state index in [2.05, 4.69) is 19.4 Å². The van der Waals surface area contributed by atoms with E-state index in [1.807, 2.05) is 18.5 Å². The van der Waals surface area contributed by atoms with Gasteiger partial charge in [-0.05, 0) is 12.5 Å². The zero-order chi connectivity index (χ0) is 13.7. The molecule has 1 amide bonds. The lowest BCUT2D eigenvalue weighted by Crippen LogP contribution is -2.26. The van der Waals surface area contributed by atoms with Crippen LogP contribution in [0, 0.1) is 0 Å². The summed E-state index contributed by atoms with van der Waals surface area (Å²) in [6.07, 6.45) is 5.38. The number of carbonyl (C=O) groups is 1. The number of imidazole rings is 1. The van der Waals surface area contributed by atoms with Crippen molar-refractivity contribution in [3.05, 3.63) is 30.4 Å². The first kappa shape index (κ1) is 11.3. The Morgan fingerprint density at radius 1 is 1.40 bits per heavy atom. The van der Waals surface area contributed by atoms with Crippen molar-refractivity contribution in [1.29, 1.82) is 0 Å². The first-order valence-electron chi connectivity index (χ1n) is 6.51. The fourth-order valence-electron chi connectivity index (χ4n) is 2.96. The number of aromatic nitrogens is 4. The maximum atomic E-state index is 11.0. The van der Waals surface area contributed by atoms with E-state index >= 15 is 0 Å². The van der Waals surface area contributed by atoms with E-state index in [-0.39, 0.29) is 5.92 Å². The predicted octanol–water partition coefficient (Wildman–Crippen LogP) is 1.68. The SMILES string of the molecule is O=C(O)N1CCC(c2cnc3cnc4[nH]ccc4n23)C1. The fraction of sp³-hybridized carbons (Fsp3) is 0.308. The molecule has 2 N–H and O–H groups in total. The zero-order valence-corrected chi connectivity index (χ0v) is 10.7. The Kier molecular flexibility index (Phi) is 2.23. The quantitative estimate of drug-likeness (QED) is 0.705. The monoisotopic (exact) mass is 271 g/mol. The average Bonchev–Trinajstić information content (AvgIpc) is 3.16. The van der Waals surface area contributed by atoms with Crippen LogP contribution in [0.25, 0.3) is 16.8 Å². The molecule has 7 heteroatoms. The molecule has 1 saturated heterocycles. The topological polar surface area (TPSA) is 86.5 Å². The number of aromatic amines is 1. The van der Waals surface area contributed by atoms with Gasteiger partial charge in [0.2, 0.25) is 0 Å². The third-order valence-corrected chi connectivity index (χ3v) is 3.95. The van der Waals surface area contributed by atoms with Crippen LogP contribution in [0.5, 0.6) is 0 Å². The van der Waals surface area contributed by atoms with E-state index < -0.39 is 6.09 Å². The number of hydrogen-bond donors (Lipinski definition) is 2. The summed E-state index contributed by atoms with van der Waals surface area (Å²) >= 11 is 0. The molecule has 4 rings (SSSR count). The second-order valence-corrected chi connectivity index (χ2v) is 5.06. The first-order chi connectivity index (χ1) is 9.74. The second kappa shape index (κ2) is 3.96. The van der Waals surface area contributed by atoms with Gasteiger partial charge in [-0.1, -0.05) is 0 Å². The summed E-state index contributed by atoms with van der Waals surface area (Å²) in [5.74, 6) is 0.182. The van der Waals surface area contributed by atoms with Crippen LogP contribution in [-0.4, -0.2) is 48.5 Å². The molecule has 1 fully saturated rings. The highest BCUT2D eigenvalue weighted by Gasteiger charge is 2.29. The van der Waals surface area contributed by atoms with Gasteiger partial charge in [0, 0.05) is 37.1 Å². The zero-order valence-electron chi connectivity index (χ0n) is 10.7. The Balaban J connectivity index is 1.84. The van der Waals surface area contributed by atoms with E-state index in [1.54, 1.807) is 6.20 Å². The number of nitrogens with zero attached hydrogens (tertiary/aromatic N) is 4. The van der Waals surface area contributed by atoms with Crippen molar-refractivity contribution in [2.75, 3.05) is 13.1 Å². The van der Waals surface area contributed by atoms with Crippen molar-refractivity contribution in [2.45, 2.75) is 12.3 Å². The molecule has 0 bridgehead atoms. The van der Waals surface area contributed by atoms with Crippen molar-refractivity contribution in [3.8, 4) is 0 Å². The van der Waals surface area contributed by atoms with Crippen LogP contribution < -0.4 is 0 Å². The Morgan fingerprint density at radius 2 is 2.30 bits per heavy atom. The minimum absolute atomic E-state index is 0.182. The normalized spacial score (nSPS) is 19.2. The predicted molar refractivity (Wildman–Crippen MR) is 71.8 cm³/mol. The third kappa shape index (κ3) is 1.49. The van der Waals surface area contributed by atoms with Gasteiger partial charge < -0.3 is 15.0 Å². The van der Waals surface area contributed by atoms with Crippen LogP contribution in [0.2, 0.25) is 0 Å². The molecule has 1 aliphatic heterocycles. The molecule has 0 aliphatic carbocycles. The summed E-state index contributed by atoms with van der Waals surface area (Å²) < 4.78 is 2.06. The van der Waals surface area contributed by atoms with Crippen molar-refractivity contribution in [1.82, 2.24) is 24.3 Å². The molecule has 0 radical (unpaired) electrons. The van der Waals surface area contributed by atoms with Gasteiger partial charge in [0.25, 0.3) is 0 Å². The molecule has 0 spiro atoms. The fourth-order valence-corrected chi connectivity index (χ4v) is 2.96. The first-order valence-corrected chi connectivity index (χ1v) is 6.51. The summed E-state index contributed by atoms with van der Waals surface area (Å²) in [6, 6.07) is 1.96. The largest absolute Gasteiger partial charge is 0.465 e. The molecule has 1 atom stereocenters. The van der Waals surface area contributed by atoms with Gasteiger partial charge >= 0.3 is 6.09 Å². The van der Waals surface area contributed by atoms with Gasteiger partial charge in [0.05, 0.1) is 11.7 Å². The maximum absolute atomic E-state index is 11.0. The number of H-pyrrole nitrogens is 1. The molecule has 3 aromatic rings.